The predicted molar refractivity (Wildman–Crippen MR) is 59.2 cm³/mol. The first-order valence-corrected chi connectivity index (χ1v) is 5.58. The lowest BCUT2D eigenvalue weighted by atomic mass is 10.4. The molecule has 72 valence electrons. The zero-order valence-electron chi connectivity index (χ0n) is 7.14. The number of rotatable bonds is 3. The average Bonchev–Trinajstić information content (AvgIpc) is 2.69. The maximum Gasteiger partial charge on any atom is 0.0946 e. The molecule has 1 N–H and O–H groups in total. The Balaban J connectivity index is 2.02. The first-order valence-electron chi connectivity index (χ1n) is 3.95. The van der Waals surface area contributed by atoms with Crippen molar-refractivity contribution in [1.29, 1.82) is 0 Å². The lowest BCUT2D eigenvalue weighted by Gasteiger charge is -2.04. The first-order chi connectivity index (χ1) is 6.86. The van der Waals surface area contributed by atoms with E-state index in [2.05, 4.69) is 35.8 Å². The normalized spacial score (nSPS) is 10.1. The van der Waals surface area contributed by atoms with E-state index in [0.717, 1.165) is 15.9 Å². The van der Waals surface area contributed by atoms with E-state index in [-0.39, 0.29) is 0 Å². The van der Waals surface area contributed by atoms with Gasteiger partial charge in [-0.25, -0.2) is 0 Å². The van der Waals surface area contributed by atoms with Crippen LogP contribution in [-0.2, 0) is 6.54 Å². The van der Waals surface area contributed by atoms with Gasteiger partial charge in [-0.05, 0) is 33.5 Å². The molecule has 0 aliphatic rings. The maximum atomic E-state index is 3.98. The van der Waals surface area contributed by atoms with Gasteiger partial charge in [-0.1, -0.05) is 4.49 Å². The molecule has 0 unspecified atom stereocenters. The van der Waals surface area contributed by atoms with Gasteiger partial charge in [0.15, 0.2) is 0 Å². The van der Waals surface area contributed by atoms with Gasteiger partial charge in [-0.3, -0.25) is 4.98 Å². The molecular formula is C8H7BrN4S. The number of anilines is 1. The summed E-state index contributed by atoms with van der Waals surface area (Å²) >= 11 is 4.76. The van der Waals surface area contributed by atoms with Crippen LogP contribution >= 0.6 is 27.5 Å². The molecule has 6 heteroatoms. The average molecular weight is 271 g/mol. The van der Waals surface area contributed by atoms with Gasteiger partial charge >= 0.3 is 0 Å². The summed E-state index contributed by atoms with van der Waals surface area (Å²) in [5, 5.41) is 9.09. The summed E-state index contributed by atoms with van der Waals surface area (Å²) in [5.41, 5.74) is 1.95. The molecule has 2 heterocycles. The van der Waals surface area contributed by atoms with Crippen molar-refractivity contribution in [2.24, 2.45) is 0 Å². The van der Waals surface area contributed by atoms with Gasteiger partial charge < -0.3 is 5.32 Å². The van der Waals surface area contributed by atoms with E-state index >= 15 is 0 Å². The number of nitrogens with zero attached hydrogens (tertiary/aromatic N) is 3. The molecule has 4 nitrogen and oxygen atoms in total. The van der Waals surface area contributed by atoms with Crippen LogP contribution in [0.5, 0.6) is 0 Å². The van der Waals surface area contributed by atoms with E-state index in [0.29, 0.717) is 6.54 Å². The Morgan fingerprint density at radius 3 is 3.14 bits per heavy atom. The zero-order chi connectivity index (χ0) is 9.80. The van der Waals surface area contributed by atoms with E-state index in [1.54, 1.807) is 12.4 Å². The minimum atomic E-state index is 0.680. The fraction of sp³-hybridized carbons (Fsp3) is 0.125. The van der Waals surface area contributed by atoms with Gasteiger partial charge in [-0.2, -0.15) is 0 Å². The van der Waals surface area contributed by atoms with Crippen molar-refractivity contribution in [3.8, 4) is 0 Å². The molecule has 0 aliphatic heterocycles. The third kappa shape index (κ3) is 2.27. The van der Waals surface area contributed by atoms with Gasteiger partial charge in [0.2, 0.25) is 0 Å². The van der Waals surface area contributed by atoms with E-state index in [1.807, 2.05) is 11.4 Å². The summed E-state index contributed by atoms with van der Waals surface area (Å²) < 4.78 is 4.73. The fourth-order valence-electron chi connectivity index (χ4n) is 0.965. The summed E-state index contributed by atoms with van der Waals surface area (Å²) in [5.74, 6) is 0. The highest BCUT2D eigenvalue weighted by atomic mass is 79.9. The molecule has 0 aromatic carbocycles. The number of pyridine rings is 1. The van der Waals surface area contributed by atoms with Crippen LogP contribution in [0.3, 0.4) is 0 Å². The molecule has 14 heavy (non-hydrogen) atoms. The van der Waals surface area contributed by atoms with Crippen molar-refractivity contribution in [2.45, 2.75) is 6.54 Å². The molecule has 0 spiro atoms. The van der Waals surface area contributed by atoms with Crippen molar-refractivity contribution in [3.05, 3.63) is 34.0 Å². The Labute approximate surface area is 93.7 Å². The molecule has 0 saturated carbocycles. The van der Waals surface area contributed by atoms with Gasteiger partial charge in [0.25, 0.3) is 0 Å². The lowest BCUT2D eigenvalue weighted by Crippen LogP contribution is -2.00. The van der Waals surface area contributed by atoms with Crippen LogP contribution in [0.1, 0.15) is 5.69 Å². The minimum absolute atomic E-state index is 0.680. The smallest absolute Gasteiger partial charge is 0.0946 e. The maximum absolute atomic E-state index is 3.98. The fourth-order valence-corrected chi connectivity index (χ4v) is 1.81. The van der Waals surface area contributed by atoms with Gasteiger partial charge in [0.05, 0.1) is 22.4 Å². The summed E-state index contributed by atoms with van der Waals surface area (Å²) in [7, 11) is 0. The van der Waals surface area contributed by atoms with Crippen LogP contribution < -0.4 is 5.32 Å². The second kappa shape index (κ2) is 4.47. The zero-order valence-corrected chi connectivity index (χ0v) is 9.55. The molecule has 0 bridgehead atoms. The molecule has 2 aromatic rings. The number of halogens is 1. The largest absolute Gasteiger partial charge is 0.378 e. The van der Waals surface area contributed by atoms with Crippen molar-refractivity contribution >= 4 is 33.1 Å². The number of nitrogens with one attached hydrogen (secondary N) is 1. The predicted octanol–water partition coefficient (Wildman–Crippen LogP) is 2.31. The second-order valence-electron chi connectivity index (χ2n) is 2.61. The van der Waals surface area contributed by atoms with Crippen molar-refractivity contribution < 1.29 is 0 Å². The Hall–Kier alpha value is -1.01. The molecule has 0 radical (unpaired) electrons. The SMILES string of the molecule is Brc1cnccc1NCc1csnn1. The van der Waals surface area contributed by atoms with E-state index in [1.165, 1.54) is 11.5 Å². The Morgan fingerprint density at radius 1 is 1.50 bits per heavy atom. The Kier molecular flexibility index (Phi) is 3.05. The van der Waals surface area contributed by atoms with Crippen LogP contribution in [-0.4, -0.2) is 14.6 Å². The molecule has 2 rings (SSSR count). The summed E-state index contributed by atoms with van der Waals surface area (Å²) in [6.07, 6.45) is 3.49. The van der Waals surface area contributed by atoms with Crippen LogP contribution in [0.25, 0.3) is 0 Å². The van der Waals surface area contributed by atoms with Crippen molar-refractivity contribution in [1.82, 2.24) is 14.6 Å². The highest BCUT2D eigenvalue weighted by Gasteiger charge is 1.99. The summed E-state index contributed by atoms with van der Waals surface area (Å²) in [6, 6.07) is 1.91. The van der Waals surface area contributed by atoms with E-state index in [9.17, 15) is 0 Å². The highest BCUT2D eigenvalue weighted by Crippen LogP contribution is 2.20. The van der Waals surface area contributed by atoms with Crippen molar-refractivity contribution in [2.75, 3.05) is 5.32 Å². The number of hydrogen-bond acceptors (Lipinski definition) is 5. The topological polar surface area (TPSA) is 50.7 Å². The third-order valence-corrected chi connectivity index (χ3v) is 2.82. The second-order valence-corrected chi connectivity index (χ2v) is 4.07. The Bertz CT molecular complexity index is 403. The van der Waals surface area contributed by atoms with Crippen LogP contribution in [0, 0.1) is 0 Å². The number of hydrogen-bond donors (Lipinski definition) is 1. The molecule has 0 amide bonds. The molecule has 0 saturated heterocycles. The van der Waals surface area contributed by atoms with E-state index in [4.69, 9.17) is 0 Å². The van der Waals surface area contributed by atoms with Crippen LogP contribution in [0.4, 0.5) is 5.69 Å². The summed E-state index contributed by atoms with van der Waals surface area (Å²) in [6.45, 7) is 0.680. The molecule has 0 aliphatic carbocycles. The first kappa shape index (κ1) is 9.54. The quantitative estimate of drug-likeness (QED) is 0.930. The molecule has 0 atom stereocenters. The molecule has 2 aromatic heterocycles. The summed E-state index contributed by atoms with van der Waals surface area (Å²) in [4.78, 5) is 3.98. The van der Waals surface area contributed by atoms with Gasteiger partial charge in [0, 0.05) is 17.8 Å². The molecular weight excluding hydrogens is 264 g/mol. The van der Waals surface area contributed by atoms with Gasteiger partial charge in [-0.15, -0.1) is 5.10 Å². The van der Waals surface area contributed by atoms with Gasteiger partial charge in [0.1, 0.15) is 0 Å². The minimum Gasteiger partial charge on any atom is -0.378 e. The van der Waals surface area contributed by atoms with Crippen LogP contribution in [0.2, 0.25) is 0 Å². The molecule has 0 fully saturated rings. The Morgan fingerprint density at radius 2 is 2.43 bits per heavy atom. The van der Waals surface area contributed by atoms with Crippen molar-refractivity contribution in [3.63, 3.8) is 0 Å². The van der Waals surface area contributed by atoms with E-state index < -0.39 is 0 Å². The third-order valence-electron chi connectivity index (χ3n) is 1.64. The lowest BCUT2D eigenvalue weighted by molar-refractivity contribution is 0.997. The number of aromatic nitrogens is 3. The van der Waals surface area contributed by atoms with Crippen LogP contribution in [0.15, 0.2) is 28.3 Å². The monoisotopic (exact) mass is 270 g/mol. The highest BCUT2D eigenvalue weighted by molar-refractivity contribution is 9.10. The standard InChI is InChI=1S/C8H7BrN4S/c9-7-4-10-2-1-8(7)11-3-6-5-14-13-12-6/h1-2,4-5H,3H2,(H,10,11).